The van der Waals surface area contributed by atoms with Crippen LogP contribution in [-0.4, -0.2) is 22.9 Å². The van der Waals surface area contributed by atoms with E-state index in [-0.39, 0.29) is 23.8 Å². The molecule has 0 unspecified atom stereocenters. The van der Waals surface area contributed by atoms with Crippen LogP contribution in [0.2, 0.25) is 0 Å². The van der Waals surface area contributed by atoms with Gasteiger partial charge in [0.1, 0.15) is 5.69 Å². The smallest absolute Gasteiger partial charge is 0.282 e. The van der Waals surface area contributed by atoms with Gasteiger partial charge >= 0.3 is 0 Å². The van der Waals surface area contributed by atoms with Crippen LogP contribution < -0.4 is 4.74 Å². The van der Waals surface area contributed by atoms with Crippen molar-refractivity contribution in [1.29, 1.82) is 0 Å². The predicted octanol–water partition coefficient (Wildman–Crippen LogP) is 2.74. The van der Waals surface area contributed by atoms with E-state index in [0.717, 1.165) is 0 Å². The first-order chi connectivity index (χ1) is 7.83. The fourth-order valence-electron chi connectivity index (χ4n) is 1.11. The molecule has 1 aromatic heterocycles. The molecule has 0 amide bonds. The molecule has 1 heterocycles. The van der Waals surface area contributed by atoms with Crippen molar-refractivity contribution in [3.63, 3.8) is 0 Å². The molecule has 0 aliphatic rings. The van der Waals surface area contributed by atoms with Crippen LogP contribution in [0.1, 0.15) is 38.5 Å². The van der Waals surface area contributed by atoms with Crippen LogP contribution in [0.15, 0.2) is 6.07 Å². The first-order valence-corrected chi connectivity index (χ1v) is 5.16. The van der Waals surface area contributed by atoms with Gasteiger partial charge < -0.3 is 9.47 Å². The molecule has 4 nitrogen and oxygen atoms in total. The fourth-order valence-corrected chi connectivity index (χ4v) is 1.11. The van der Waals surface area contributed by atoms with E-state index in [1.807, 2.05) is 20.8 Å². The monoisotopic (exact) mass is 246 g/mol. The molecule has 0 aliphatic carbocycles. The third kappa shape index (κ3) is 4.22. The van der Waals surface area contributed by atoms with Crippen LogP contribution in [0.3, 0.4) is 0 Å². The first-order valence-electron chi connectivity index (χ1n) is 5.16. The van der Waals surface area contributed by atoms with E-state index in [2.05, 4.69) is 10.2 Å². The summed E-state index contributed by atoms with van der Waals surface area (Å²) in [6, 6.07) is 1.25. The lowest BCUT2D eigenvalue weighted by atomic mass is 10.2. The van der Waals surface area contributed by atoms with Crippen molar-refractivity contribution in [2.24, 2.45) is 0 Å². The highest BCUT2D eigenvalue weighted by Gasteiger charge is 2.17. The Morgan fingerprint density at radius 3 is 2.41 bits per heavy atom. The molecule has 0 fully saturated rings. The summed E-state index contributed by atoms with van der Waals surface area (Å²) in [7, 11) is 1.41. The van der Waals surface area contributed by atoms with Crippen LogP contribution in [0.25, 0.3) is 0 Å². The van der Waals surface area contributed by atoms with Crippen molar-refractivity contribution in [2.45, 2.75) is 39.4 Å². The SMILES string of the molecule is COc1nnc(C(F)F)cc1COC(C)(C)C. The van der Waals surface area contributed by atoms with Crippen LogP contribution in [0.5, 0.6) is 5.88 Å². The van der Waals surface area contributed by atoms with Crippen LogP contribution in [0, 0.1) is 0 Å². The highest BCUT2D eigenvalue weighted by molar-refractivity contribution is 5.26. The largest absolute Gasteiger partial charge is 0.480 e. The van der Waals surface area contributed by atoms with E-state index in [9.17, 15) is 8.78 Å². The molecule has 0 aliphatic heterocycles. The van der Waals surface area contributed by atoms with Gasteiger partial charge in [-0.25, -0.2) is 8.78 Å². The zero-order valence-corrected chi connectivity index (χ0v) is 10.3. The Morgan fingerprint density at radius 2 is 1.94 bits per heavy atom. The summed E-state index contributed by atoms with van der Waals surface area (Å²) >= 11 is 0. The molecule has 1 aromatic rings. The third-order valence-corrected chi connectivity index (χ3v) is 1.93. The fraction of sp³-hybridized carbons (Fsp3) is 0.636. The maximum atomic E-state index is 12.5. The molecule has 0 aromatic carbocycles. The zero-order chi connectivity index (χ0) is 13.1. The maximum absolute atomic E-state index is 12.5. The quantitative estimate of drug-likeness (QED) is 0.819. The predicted molar refractivity (Wildman–Crippen MR) is 58.1 cm³/mol. The van der Waals surface area contributed by atoms with Crippen molar-refractivity contribution >= 4 is 0 Å². The average Bonchev–Trinajstić information content (AvgIpc) is 2.24. The van der Waals surface area contributed by atoms with Gasteiger partial charge in [0.2, 0.25) is 5.88 Å². The van der Waals surface area contributed by atoms with Gasteiger partial charge in [-0.2, -0.15) is 0 Å². The Morgan fingerprint density at radius 1 is 1.29 bits per heavy atom. The minimum absolute atomic E-state index is 0.155. The molecular weight excluding hydrogens is 230 g/mol. The average molecular weight is 246 g/mol. The number of ether oxygens (including phenoxy) is 2. The van der Waals surface area contributed by atoms with Gasteiger partial charge in [-0.1, -0.05) is 0 Å². The van der Waals surface area contributed by atoms with E-state index in [0.29, 0.717) is 5.56 Å². The highest BCUT2D eigenvalue weighted by Crippen LogP contribution is 2.23. The number of nitrogens with zero attached hydrogens (tertiary/aromatic N) is 2. The molecule has 0 spiro atoms. The Hall–Kier alpha value is -1.30. The molecule has 0 saturated heterocycles. The first kappa shape index (κ1) is 13.8. The van der Waals surface area contributed by atoms with Gasteiger partial charge in [0, 0.05) is 5.56 Å². The molecular formula is C11H16F2N2O2. The summed E-state index contributed by atoms with van der Waals surface area (Å²) in [5, 5.41) is 6.96. The van der Waals surface area contributed by atoms with E-state index in [1.165, 1.54) is 13.2 Å². The second-order valence-electron chi connectivity index (χ2n) is 4.51. The molecule has 0 bridgehead atoms. The molecule has 0 radical (unpaired) electrons. The van der Waals surface area contributed by atoms with E-state index in [4.69, 9.17) is 9.47 Å². The number of hydrogen-bond acceptors (Lipinski definition) is 4. The lowest BCUT2D eigenvalue weighted by Gasteiger charge is -2.20. The van der Waals surface area contributed by atoms with E-state index < -0.39 is 6.43 Å². The van der Waals surface area contributed by atoms with Crippen molar-refractivity contribution in [3.05, 3.63) is 17.3 Å². The number of hydrogen-bond donors (Lipinski definition) is 0. The second-order valence-corrected chi connectivity index (χ2v) is 4.51. The molecule has 96 valence electrons. The van der Waals surface area contributed by atoms with Crippen molar-refractivity contribution < 1.29 is 18.3 Å². The van der Waals surface area contributed by atoms with Gasteiger partial charge in [-0.15, -0.1) is 10.2 Å². The van der Waals surface area contributed by atoms with Gasteiger partial charge in [0.25, 0.3) is 6.43 Å². The molecule has 6 heteroatoms. The summed E-state index contributed by atoms with van der Waals surface area (Å²) in [6.45, 7) is 5.79. The summed E-state index contributed by atoms with van der Waals surface area (Å²) in [5.74, 6) is 0.207. The summed E-state index contributed by atoms with van der Waals surface area (Å²) in [4.78, 5) is 0. The zero-order valence-electron chi connectivity index (χ0n) is 10.3. The number of methoxy groups -OCH3 is 1. The Labute approximate surface area is 99.0 Å². The normalized spacial score (nSPS) is 11.9. The van der Waals surface area contributed by atoms with Crippen LogP contribution in [-0.2, 0) is 11.3 Å². The highest BCUT2D eigenvalue weighted by atomic mass is 19.3. The van der Waals surface area contributed by atoms with E-state index in [1.54, 1.807) is 0 Å². The number of alkyl halides is 2. The minimum atomic E-state index is -2.65. The lowest BCUT2D eigenvalue weighted by Crippen LogP contribution is -2.19. The number of rotatable bonds is 4. The van der Waals surface area contributed by atoms with Gasteiger partial charge in [-0.05, 0) is 26.8 Å². The Kier molecular flexibility index (Phi) is 4.34. The van der Waals surface area contributed by atoms with E-state index >= 15 is 0 Å². The second kappa shape index (κ2) is 5.35. The molecule has 17 heavy (non-hydrogen) atoms. The van der Waals surface area contributed by atoms with Gasteiger partial charge in [0.15, 0.2) is 0 Å². The van der Waals surface area contributed by atoms with Crippen LogP contribution in [0.4, 0.5) is 8.78 Å². The van der Waals surface area contributed by atoms with Crippen molar-refractivity contribution in [1.82, 2.24) is 10.2 Å². The van der Waals surface area contributed by atoms with Gasteiger partial charge in [0.05, 0.1) is 19.3 Å². The molecule has 1 rings (SSSR count). The summed E-state index contributed by atoms with van der Waals surface area (Å²) in [6.07, 6.45) is -2.65. The minimum Gasteiger partial charge on any atom is -0.480 e. The third-order valence-electron chi connectivity index (χ3n) is 1.93. The van der Waals surface area contributed by atoms with Crippen molar-refractivity contribution in [3.8, 4) is 5.88 Å². The Balaban J connectivity index is 2.90. The number of halogens is 2. The van der Waals surface area contributed by atoms with Gasteiger partial charge in [-0.3, -0.25) is 0 Å². The summed E-state index contributed by atoms with van der Waals surface area (Å²) in [5.41, 5.74) is -0.273. The topological polar surface area (TPSA) is 44.2 Å². The standard InChI is InChI=1S/C11H16F2N2O2/c1-11(2,3)17-6-7-5-8(9(12)13)14-15-10(7)16-4/h5,9H,6H2,1-4H3. The molecule has 0 N–H and O–H groups in total. The summed E-state index contributed by atoms with van der Waals surface area (Å²) < 4.78 is 35.4. The van der Waals surface area contributed by atoms with Crippen LogP contribution >= 0.6 is 0 Å². The Bertz CT molecular complexity index is 378. The molecule has 0 saturated carbocycles. The lowest BCUT2D eigenvalue weighted by molar-refractivity contribution is -0.0160. The molecule has 0 atom stereocenters. The maximum Gasteiger partial charge on any atom is 0.282 e. The number of aromatic nitrogens is 2. The van der Waals surface area contributed by atoms with Crippen molar-refractivity contribution in [2.75, 3.05) is 7.11 Å².